The van der Waals surface area contributed by atoms with Gasteiger partial charge in [-0.1, -0.05) is 43.2 Å². The Balaban J connectivity index is 1.39. The van der Waals surface area contributed by atoms with E-state index in [1.165, 1.54) is 29.4 Å². The molecule has 2 fully saturated rings. The van der Waals surface area contributed by atoms with Gasteiger partial charge in [0.1, 0.15) is 12.3 Å². The van der Waals surface area contributed by atoms with E-state index < -0.39 is 0 Å². The summed E-state index contributed by atoms with van der Waals surface area (Å²) < 4.78 is 13.0. The summed E-state index contributed by atoms with van der Waals surface area (Å²) in [6, 6.07) is 16.9. The molecule has 1 saturated heterocycles. The number of carbonyl (C=O) groups is 1. The Kier molecular flexibility index (Phi) is 6.38. The Morgan fingerprint density at radius 3 is 2.67 bits per heavy atom. The van der Waals surface area contributed by atoms with Gasteiger partial charge in [0, 0.05) is 42.3 Å². The maximum Gasteiger partial charge on any atom is 0.242 e. The lowest BCUT2D eigenvalue weighted by molar-refractivity contribution is -0.135. The predicted molar refractivity (Wildman–Crippen MR) is 129 cm³/mol. The molecule has 1 aliphatic heterocycles. The van der Waals surface area contributed by atoms with Gasteiger partial charge in [-0.2, -0.15) is 0 Å². The van der Waals surface area contributed by atoms with Crippen LogP contribution >= 0.6 is 0 Å². The molecule has 1 N–H and O–H groups in total. The lowest BCUT2D eigenvalue weighted by Crippen LogP contribution is -2.42. The molecule has 174 valence electrons. The van der Waals surface area contributed by atoms with Crippen molar-refractivity contribution in [2.45, 2.75) is 44.3 Å². The van der Waals surface area contributed by atoms with E-state index in [0.717, 1.165) is 30.7 Å². The Morgan fingerprint density at radius 1 is 1.09 bits per heavy atom. The highest BCUT2D eigenvalue weighted by Crippen LogP contribution is 2.40. The van der Waals surface area contributed by atoms with Crippen molar-refractivity contribution in [2.75, 3.05) is 33.4 Å². The van der Waals surface area contributed by atoms with Crippen LogP contribution in [0.3, 0.4) is 0 Å². The smallest absolute Gasteiger partial charge is 0.242 e. The first kappa shape index (κ1) is 22.0. The molecular weight excluding hydrogens is 414 g/mol. The van der Waals surface area contributed by atoms with E-state index >= 15 is 0 Å². The van der Waals surface area contributed by atoms with E-state index in [4.69, 9.17) is 9.47 Å². The van der Waals surface area contributed by atoms with E-state index in [1.807, 2.05) is 17.0 Å². The van der Waals surface area contributed by atoms with Crippen LogP contribution in [-0.2, 0) is 28.2 Å². The first-order chi connectivity index (χ1) is 16.2. The molecule has 1 aliphatic carbocycles. The fourth-order valence-electron chi connectivity index (χ4n) is 5.38. The number of methoxy groups -OCH3 is 1. The number of nitrogens with zero attached hydrogens (tertiary/aromatic N) is 2. The molecule has 33 heavy (non-hydrogen) atoms. The Bertz CT molecular complexity index is 1110. The molecule has 1 saturated carbocycles. The van der Waals surface area contributed by atoms with Gasteiger partial charge in [-0.25, -0.2) is 0 Å². The number of hydrogen-bond acceptors (Lipinski definition) is 4. The van der Waals surface area contributed by atoms with Crippen LogP contribution in [-0.4, -0.2) is 48.8 Å². The number of amides is 1. The van der Waals surface area contributed by atoms with Gasteiger partial charge in [-0.3, -0.25) is 4.79 Å². The van der Waals surface area contributed by atoms with Crippen LogP contribution in [0.2, 0.25) is 0 Å². The molecule has 1 amide bonds. The third-order valence-electron chi connectivity index (χ3n) is 7.24. The van der Waals surface area contributed by atoms with E-state index in [-0.39, 0.29) is 11.4 Å². The summed E-state index contributed by atoms with van der Waals surface area (Å²) in [6.07, 6.45) is 6.84. The number of morpholine rings is 1. The van der Waals surface area contributed by atoms with Crippen molar-refractivity contribution >= 4 is 16.8 Å². The third kappa shape index (κ3) is 4.50. The van der Waals surface area contributed by atoms with Crippen molar-refractivity contribution in [1.82, 2.24) is 14.8 Å². The quantitative estimate of drug-likeness (QED) is 0.593. The summed E-state index contributed by atoms with van der Waals surface area (Å²) in [5, 5.41) is 5.13. The van der Waals surface area contributed by atoms with Gasteiger partial charge in [0.15, 0.2) is 0 Å². The monoisotopic (exact) mass is 447 g/mol. The number of fused-ring (bicyclic) bond motifs is 1. The van der Waals surface area contributed by atoms with E-state index in [0.29, 0.717) is 32.8 Å². The lowest BCUT2D eigenvalue weighted by atomic mass is 9.87. The summed E-state index contributed by atoms with van der Waals surface area (Å²) in [7, 11) is 1.72. The molecule has 0 unspecified atom stereocenters. The first-order valence-electron chi connectivity index (χ1n) is 12.0. The van der Waals surface area contributed by atoms with Crippen LogP contribution in [0.5, 0.6) is 5.75 Å². The second-order valence-electron chi connectivity index (χ2n) is 9.17. The van der Waals surface area contributed by atoms with Crippen molar-refractivity contribution in [1.29, 1.82) is 0 Å². The van der Waals surface area contributed by atoms with E-state index in [9.17, 15) is 4.79 Å². The molecule has 0 radical (unpaired) electrons. The average Bonchev–Trinajstić information content (AvgIpc) is 3.49. The molecule has 0 bridgehead atoms. The van der Waals surface area contributed by atoms with Crippen LogP contribution in [0.4, 0.5) is 0 Å². The summed E-state index contributed by atoms with van der Waals surface area (Å²) in [5.74, 6) is 1.06. The molecule has 2 aliphatic rings. The van der Waals surface area contributed by atoms with Crippen molar-refractivity contribution < 1.29 is 14.3 Å². The number of rotatable bonds is 7. The van der Waals surface area contributed by atoms with Gasteiger partial charge >= 0.3 is 0 Å². The minimum absolute atomic E-state index is 0.0403. The van der Waals surface area contributed by atoms with Gasteiger partial charge in [0.2, 0.25) is 5.91 Å². The largest absolute Gasteiger partial charge is 0.497 e. The lowest BCUT2D eigenvalue weighted by Gasteiger charge is -2.31. The normalized spacial score (nSPS) is 18.0. The van der Waals surface area contributed by atoms with Crippen LogP contribution in [0, 0.1) is 0 Å². The molecular formula is C27H33N3O3. The average molecular weight is 448 g/mol. The summed E-state index contributed by atoms with van der Waals surface area (Å²) >= 11 is 0. The topological polar surface area (TPSA) is 55.7 Å². The molecule has 3 aromatic rings. The van der Waals surface area contributed by atoms with Gasteiger partial charge in [-0.15, -0.1) is 0 Å². The van der Waals surface area contributed by atoms with Crippen molar-refractivity contribution in [3.05, 3.63) is 65.9 Å². The molecule has 5 rings (SSSR count). The number of hydrogen-bond donors (Lipinski definition) is 1. The molecule has 0 atom stereocenters. The van der Waals surface area contributed by atoms with Gasteiger partial charge in [0.25, 0.3) is 0 Å². The van der Waals surface area contributed by atoms with E-state index in [2.05, 4.69) is 52.5 Å². The maximum atomic E-state index is 12.9. The summed E-state index contributed by atoms with van der Waals surface area (Å²) in [4.78, 5) is 14.8. The van der Waals surface area contributed by atoms with Gasteiger partial charge < -0.3 is 24.3 Å². The van der Waals surface area contributed by atoms with E-state index in [1.54, 1.807) is 7.11 Å². The number of nitrogens with one attached hydrogen (secondary N) is 1. The molecule has 6 nitrogen and oxygen atoms in total. The highest BCUT2D eigenvalue weighted by atomic mass is 16.5. The Hall–Kier alpha value is -2.83. The minimum atomic E-state index is -0.0403. The number of carbonyl (C=O) groups excluding carboxylic acids is 1. The molecule has 2 aromatic carbocycles. The third-order valence-corrected chi connectivity index (χ3v) is 7.24. The highest BCUT2D eigenvalue weighted by molar-refractivity contribution is 5.86. The first-order valence-corrected chi connectivity index (χ1v) is 12.0. The van der Waals surface area contributed by atoms with Crippen LogP contribution in [0.15, 0.2) is 54.7 Å². The van der Waals surface area contributed by atoms with Crippen LogP contribution in [0.1, 0.15) is 36.8 Å². The Labute approximate surface area is 195 Å². The second kappa shape index (κ2) is 9.57. The van der Waals surface area contributed by atoms with Gasteiger partial charge in [0.05, 0.1) is 20.3 Å². The Morgan fingerprint density at radius 2 is 1.88 bits per heavy atom. The zero-order valence-electron chi connectivity index (χ0n) is 19.4. The maximum absolute atomic E-state index is 12.9. The summed E-state index contributed by atoms with van der Waals surface area (Å²) in [5.41, 5.74) is 3.60. The van der Waals surface area contributed by atoms with Gasteiger partial charge in [-0.05, 0) is 42.2 Å². The second-order valence-corrected chi connectivity index (χ2v) is 9.17. The molecule has 1 aromatic heterocycles. The molecule has 6 heteroatoms. The zero-order chi connectivity index (χ0) is 22.7. The highest BCUT2D eigenvalue weighted by Gasteiger charge is 2.35. The predicted octanol–water partition coefficient (Wildman–Crippen LogP) is 4.07. The van der Waals surface area contributed by atoms with Crippen molar-refractivity contribution in [3.8, 4) is 5.75 Å². The number of benzene rings is 2. The summed E-state index contributed by atoms with van der Waals surface area (Å²) in [6.45, 7) is 3.72. The number of aromatic nitrogens is 1. The number of para-hydroxylation sites is 1. The van der Waals surface area contributed by atoms with Crippen LogP contribution in [0.25, 0.3) is 10.9 Å². The molecule has 2 heterocycles. The van der Waals surface area contributed by atoms with Crippen molar-refractivity contribution in [2.24, 2.45) is 0 Å². The van der Waals surface area contributed by atoms with Crippen LogP contribution < -0.4 is 10.1 Å². The number of ether oxygens (including phenoxy) is 2. The fourth-order valence-corrected chi connectivity index (χ4v) is 5.38. The standard InChI is InChI=1S/C27H33N3O3/c1-32-23-8-6-7-22(17-23)27(11-4-5-12-27)28-18-21-19-30(25-10-3-2-9-24(21)25)20-26(31)29-13-15-33-16-14-29/h2-3,6-10,17,19,28H,4-5,11-16,18,20H2,1H3. The molecule has 0 spiro atoms. The minimum Gasteiger partial charge on any atom is -0.497 e. The zero-order valence-corrected chi connectivity index (χ0v) is 19.4. The fraction of sp³-hybridized carbons (Fsp3) is 0.444. The SMILES string of the molecule is COc1cccc(C2(NCc3cn(CC(=O)N4CCOCC4)c4ccccc34)CCCC2)c1. The van der Waals surface area contributed by atoms with Crippen molar-refractivity contribution in [3.63, 3.8) is 0 Å².